The highest BCUT2D eigenvalue weighted by molar-refractivity contribution is 9.10. The molecule has 1 aromatic carbocycles. The number of amides is 2. The van der Waals surface area contributed by atoms with Crippen LogP contribution >= 0.6 is 27.5 Å². The molecule has 0 unspecified atom stereocenters. The molecule has 7 heteroatoms. The molecule has 0 radical (unpaired) electrons. The van der Waals surface area contributed by atoms with Crippen molar-refractivity contribution >= 4 is 39.3 Å². The standard InChI is InChI=1S/C15H20BrClN2O3/c1-9(2)18-13(20)7-19(4)14(21)8-22-15-10(3)5-11(16)6-12(15)17/h5-6,9H,7-8H2,1-4H3,(H,18,20). The first kappa shape index (κ1) is 18.8. The lowest BCUT2D eigenvalue weighted by molar-refractivity contribution is -0.136. The molecule has 0 fully saturated rings. The van der Waals surface area contributed by atoms with E-state index in [0.717, 1.165) is 10.0 Å². The molecule has 122 valence electrons. The third kappa shape index (κ3) is 5.85. The minimum absolute atomic E-state index is 0.00652. The number of nitrogens with zero attached hydrogens (tertiary/aromatic N) is 1. The minimum Gasteiger partial charge on any atom is -0.482 e. The van der Waals surface area contributed by atoms with E-state index in [4.69, 9.17) is 16.3 Å². The van der Waals surface area contributed by atoms with E-state index in [1.54, 1.807) is 13.1 Å². The van der Waals surface area contributed by atoms with Crippen LogP contribution < -0.4 is 10.1 Å². The molecule has 1 aromatic rings. The number of halogens is 2. The maximum absolute atomic E-state index is 12.0. The zero-order chi connectivity index (χ0) is 16.9. The molecule has 5 nitrogen and oxygen atoms in total. The van der Waals surface area contributed by atoms with Gasteiger partial charge in [0.25, 0.3) is 5.91 Å². The third-order valence-electron chi connectivity index (χ3n) is 2.79. The molecule has 0 aromatic heterocycles. The quantitative estimate of drug-likeness (QED) is 0.811. The number of benzene rings is 1. The van der Waals surface area contributed by atoms with Crippen molar-refractivity contribution in [2.45, 2.75) is 26.8 Å². The van der Waals surface area contributed by atoms with Crippen LogP contribution in [0.25, 0.3) is 0 Å². The lowest BCUT2D eigenvalue weighted by Gasteiger charge is -2.19. The van der Waals surface area contributed by atoms with Gasteiger partial charge in [0.05, 0.1) is 11.6 Å². The van der Waals surface area contributed by atoms with Gasteiger partial charge in [0, 0.05) is 17.6 Å². The summed E-state index contributed by atoms with van der Waals surface area (Å²) in [5.74, 6) is -0.0285. The van der Waals surface area contributed by atoms with Gasteiger partial charge in [0.2, 0.25) is 5.91 Å². The predicted molar refractivity (Wildman–Crippen MR) is 90.3 cm³/mol. The Hall–Kier alpha value is -1.27. The Morgan fingerprint density at radius 1 is 1.41 bits per heavy atom. The Labute approximate surface area is 144 Å². The van der Waals surface area contributed by atoms with Gasteiger partial charge in [-0.25, -0.2) is 0 Å². The first-order valence-corrected chi connectivity index (χ1v) is 7.99. The van der Waals surface area contributed by atoms with Gasteiger partial charge in [-0.3, -0.25) is 9.59 Å². The molecule has 1 rings (SSSR count). The second kappa shape index (κ2) is 8.39. The predicted octanol–water partition coefficient (Wildman–Crippen LogP) is 2.77. The number of aryl methyl sites for hydroxylation is 1. The molecule has 2 amide bonds. The van der Waals surface area contributed by atoms with Gasteiger partial charge in [-0.05, 0) is 38.5 Å². The minimum atomic E-state index is -0.294. The summed E-state index contributed by atoms with van der Waals surface area (Å²) in [5, 5.41) is 3.16. The van der Waals surface area contributed by atoms with E-state index < -0.39 is 0 Å². The number of ether oxygens (including phenoxy) is 1. The van der Waals surface area contributed by atoms with Gasteiger partial charge < -0.3 is 15.0 Å². The van der Waals surface area contributed by atoms with Crippen molar-refractivity contribution in [2.24, 2.45) is 0 Å². The fourth-order valence-electron chi connectivity index (χ4n) is 1.79. The lowest BCUT2D eigenvalue weighted by Crippen LogP contribution is -2.42. The van der Waals surface area contributed by atoms with Crippen molar-refractivity contribution in [3.8, 4) is 5.75 Å². The first-order valence-electron chi connectivity index (χ1n) is 6.82. The molecule has 1 N–H and O–H groups in total. The number of nitrogens with one attached hydrogen (secondary N) is 1. The normalized spacial score (nSPS) is 10.5. The van der Waals surface area contributed by atoms with Crippen LogP contribution in [0.15, 0.2) is 16.6 Å². The van der Waals surface area contributed by atoms with Crippen LogP contribution in [-0.4, -0.2) is 43.0 Å². The van der Waals surface area contributed by atoms with Gasteiger partial charge in [-0.15, -0.1) is 0 Å². The Kier molecular flexibility index (Phi) is 7.16. The van der Waals surface area contributed by atoms with Gasteiger partial charge in [-0.1, -0.05) is 27.5 Å². The van der Waals surface area contributed by atoms with Crippen molar-refractivity contribution in [3.05, 3.63) is 27.2 Å². The molecule has 22 heavy (non-hydrogen) atoms. The van der Waals surface area contributed by atoms with E-state index in [1.165, 1.54) is 4.90 Å². The lowest BCUT2D eigenvalue weighted by atomic mass is 10.2. The number of rotatable bonds is 6. The molecule has 0 aliphatic heterocycles. The maximum Gasteiger partial charge on any atom is 0.260 e. The SMILES string of the molecule is Cc1cc(Br)cc(Cl)c1OCC(=O)N(C)CC(=O)NC(C)C. The highest BCUT2D eigenvalue weighted by atomic mass is 79.9. The molecule has 0 saturated heterocycles. The smallest absolute Gasteiger partial charge is 0.260 e. The van der Waals surface area contributed by atoms with Gasteiger partial charge >= 0.3 is 0 Å². The highest BCUT2D eigenvalue weighted by Gasteiger charge is 2.15. The summed E-state index contributed by atoms with van der Waals surface area (Å²) in [6.07, 6.45) is 0. The molecular weight excluding hydrogens is 372 g/mol. The van der Waals surface area contributed by atoms with Crippen LogP contribution in [-0.2, 0) is 9.59 Å². The summed E-state index contributed by atoms with van der Waals surface area (Å²) >= 11 is 9.43. The summed E-state index contributed by atoms with van der Waals surface area (Å²) < 4.78 is 6.34. The average molecular weight is 392 g/mol. The van der Waals surface area contributed by atoms with Gasteiger partial charge in [0.15, 0.2) is 6.61 Å². The number of hydrogen-bond donors (Lipinski definition) is 1. The monoisotopic (exact) mass is 390 g/mol. The Morgan fingerprint density at radius 3 is 2.59 bits per heavy atom. The fourth-order valence-corrected chi connectivity index (χ4v) is 2.81. The summed E-state index contributed by atoms with van der Waals surface area (Å²) in [6.45, 7) is 5.39. The molecule has 0 heterocycles. The van der Waals surface area contributed by atoms with E-state index >= 15 is 0 Å². The molecule has 0 saturated carbocycles. The molecular formula is C15H20BrClN2O3. The van der Waals surface area contributed by atoms with Crippen LogP contribution in [0.4, 0.5) is 0 Å². The van der Waals surface area contributed by atoms with E-state index in [9.17, 15) is 9.59 Å². The zero-order valence-corrected chi connectivity index (χ0v) is 15.4. The number of carbonyl (C=O) groups is 2. The molecule has 0 bridgehead atoms. The summed E-state index contributed by atoms with van der Waals surface area (Å²) in [7, 11) is 1.56. The molecule has 0 spiro atoms. The molecule has 0 aliphatic carbocycles. The molecule has 0 atom stereocenters. The largest absolute Gasteiger partial charge is 0.482 e. The van der Waals surface area contributed by atoms with Crippen molar-refractivity contribution in [3.63, 3.8) is 0 Å². The summed E-state index contributed by atoms with van der Waals surface area (Å²) in [6, 6.07) is 3.59. The van der Waals surface area contributed by atoms with Crippen LogP contribution in [0.2, 0.25) is 5.02 Å². The van der Waals surface area contributed by atoms with Gasteiger partial charge in [-0.2, -0.15) is 0 Å². The Bertz CT molecular complexity index is 541. The van der Waals surface area contributed by atoms with Crippen molar-refractivity contribution in [1.29, 1.82) is 0 Å². The van der Waals surface area contributed by atoms with Gasteiger partial charge in [0.1, 0.15) is 5.75 Å². The average Bonchev–Trinajstić information content (AvgIpc) is 2.35. The van der Waals surface area contributed by atoms with Crippen LogP contribution in [0.5, 0.6) is 5.75 Å². The van der Waals surface area contributed by atoms with E-state index in [1.807, 2.05) is 26.8 Å². The van der Waals surface area contributed by atoms with E-state index in [0.29, 0.717) is 10.8 Å². The van der Waals surface area contributed by atoms with Crippen molar-refractivity contribution < 1.29 is 14.3 Å². The van der Waals surface area contributed by atoms with Crippen LogP contribution in [0, 0.1) is 6.92 Å². The van der Waals surface area contributed by atoms with Crippen molar-refractivity contribution in [2.75, 3.05) is 20.2 Å². The number of hydrogen-bond acceptors (Lipinski definition) is 3. The Balaban J connectivity index is 2.57. The number of carbonyl (C=O) groups excluding carboxylic acids is 2. The Morgan fingerprint density at radius 2 is 2.05 bits per heavy atom. The number of likely N-dealkylation sites (N-methyl/N-ethyl adjacent to an activating group) is 1. The highest BCUT2D eigenvalue weighted by Crippen LogP contribution is 2.31. The fraction of sp³-hybridized carbons (Fsp3) is 0.467. The zero-order valence-electron chi connectivity index (χ0n) is 13.1. The second-order valence-corrected chi connectivity index (χ2v) is 6.62. The molecule has 0 aliphatic rings. The van der Waals surface area contributed by atoms with Crippen molar-refractivity contribution in [1.82, 2.24) is 10.2 Å². The summed E-state index contributed by atoms with van der Waals surface area (Å²) in [5.41, 5.74) is 0.826. The topological polar surface area (TPSA) is 58.6 Å². The van der Waals surface area contributed by atoms with E-state index in [-0.39, 0.29) is 31.0 Å². The second-order valence-electron chi connectivity index (χ2n) is 5.29. The van der Waals surface area contributed by atoms with Crippen LogP contribution in [0.1, 0.15) is 19.4 Å². The maximum atomic E-state index is 12.0. The third-order valence-corrected chi connectivity index (χ3v) is 3.53. The van der Waals surface area contributed by atoms with E-state index in [2.05, 4.69) is 21.2 Å². The van der Waals surface area contributed by atoms with Crippen LogP contribution in [0.3, 0.4) is 0 Å². The first-order chi connectivity index (χ1) is 10.2. The summed E-state index contributed by atoms with van der Waals surface area (Å²) in [4.78, 5) is 24.9.